The van der Waals surface area contributed by atoms with Gasteiger partial charge >= 0.3 is 6.03 Å². The molecule has 1 heterocycles. The first-order valence-corrected chi connectivity index (χ1v) is 5.96. The fourth-order valence-corrected chi connectivity index (χ4v) is 1.79. The largest absolute Gasteiger partial charge is 0.342 e. The van der Waals surface area contributed by atoms with E-state index in [1.54, 1.807) is 9.80 Å². The van der Waals surface area contributed by atoms with E-state index < -0.39 is 0 Å². The van der Waals surface area contributed by atoms with Crippen LogP contribution in [0, 0.1) is 0 Å². The molecule has 0 aromatic heterocycles. The Kier molecular flexibility index (Phi) is 5.08. The molecule has 0 aromatic carbocycles. The number of carbonyl (C=O) groups excluding carboxylic acids is 2. The minimum absolute atomic E-state index is 0.000695. The maximum Gasteiger partial charge on any atom is 0.317 e. The van der Waals surface area contributed by atoms with E-state index >= 15 is 0 Å². The maximum absolute atomic E-state index is 11.8. The van der Waals surface area contributed by atoms with Gasteiger partial charge in [-0.25, -0.2) is 4.79 Å². The van der Waals surface area contributed by atoms with Gasteiger partial charge in [0.15, 0.2) is 0 Å². The van der Waals surface area contributed by atoms with Crippen molar-refractivity contribution < 1.29 is 9.59 Å². The molecule has 0 spiro atoms. The van der Waals surface area contributed by atoms with Gasteiger partial charge in [-0.3, -0.25) is 4.79 Å². The first-order valence-electron chi connectivity index (χ1n) is 5.96. The van der Waals surface area contributed by atoms with Crippen molar-refractivity contribution in [2.75, 3.05) is 26.2 Å². The monoisotopic (exact) mass is 227 g/mol. The lowest BCUT2D eigenvalue weighted by atomic mass is 10.2. The van der Waals surface area contributed by atoms with E-state index in [1.807, 2.05) is 0 Å². The van der Waals surface area contributed by atoms with Gasteiger partial charge in [-0.05, 0) is 12.8 Å². The molecule has 0 radical (unpaired) electrons. The van der Waals surface area contributed by atoms with Crippen molar-refractivity contribution in [2.45, 2.75) is 32.7 Å². The van der Waals surface area contributed by atoms with Crippen molar-refractivity contribution in [1.82, 2.24) is 15.1 Å². The molecule has 16 heavy (non-hydrogen) atoms. The van der Waals surface area contributed by atoms with Crippen LogP contribution in [0.1, 0.15) is 26.7 Å². The van der Waals surface area contributed by atoms with Crippen LogP contribution in [0.15, 0.2) is 0 Å². The van der Waals surface area contributed by atoms with Gasteiger partial charge in [-0.15, -0.1) is 0 Å². The van der Waals surface area contributed by atoms with E-state index in [2.05, 4.69) is 19.2 Å². The van der Waals surface area contributed by atoms with Crippen LogP contribution in [0.25, 0.3) is 0 Å². The van der Waals surface area contributed by atoms with Crippen LogP contribution in [-0.2, 0) is 4.79 Å². The lowest BCUT2D eigenvalue weighted by Gasteiger charge is -2.33. The molecular weight excluding hydrogens is 206 g/mol. The molecule has 1 saturated heterocycles. The fourth-order valence-electron chi connectivity index (χ4n) is 1.79. The Morgan fingerprint density at radius 1 is 1.25 bits per heavy atom. The number of rotatable bonds is 4. The number of hydrogen-bond donors (Lipinski definition) is 1. The molecule has 0 atom stereocenters. The zero-order valence-corrected chi connectivity index (χ0v) is 10.1. The molecule has 1 aliphatic heterocycles. The van der Waals surface area contributed by atoms with Gasteiger partial charge in [-0.2, -0.15) is 0 Å². The van der Waals surface area contributed by atoms with E-state index in [4.69, 9.17) is 0 Å². The summed E-state index contributed by atoms with van der Waals surface area (Å²) >= 11 is 0. The molecule has 0 unspecified atom stereocenters. The lowest BCUT2D eigenvalue weighted by Crippen LogP contribution is -2.53. The molecule has 1 fully saturated rings. The first-order chi connectivity index (χ1) is 7.71. The summed E-state index contributed by atoms with van der Waals surface area (Å²) < 4.78 is 0. The highest BCUT2D eigenvalue weighted by Gasteiger charge is 2.21. The van der Waals surface area contributed by atoms with Gasteiger partial charge in [0.1, 0.15) is 0 Å². The average Bonchev–Trinajstić information content (AvgIpc) is 2.35. The molecule has 5 heteroatoms. The van der Waals surface area contributed by atoms with Gasteiger partial charge < -0.3 is 15.1 Å². The van der Waals surface area contributed by atoms with E-state index in [0.29, 0.717) is 26.2 Å². The Morgan fingerprint density at radius 3 is 2.25 bits per heavy atom. The highest BCUT2D eigenvalue weighted by molar-refractivity contribution is 5.74. The predicted molar refractivity (Wildman–Crippen MR) is 62.1 cm³/mol. The zero-order valence-electron chi connectivity index (χ0n) is 10.1. The van der Waals surface area contributed by atoms with E-state index in [9.17, 15) is 9.59 Å². The molecule has 92 valence electrons. The zero-order chi connectivity index (χ0) is 12.0. The smallest absolute Gasteiger partial charge is 0.317 e. The van der Waals surface area contributed by atoms with Crippen LogP contribution in [0.3, 0.4) is 0 Å². The van der Waals surface area contributed by atoms with Crippen molar-refractivity contribution in [1.29, 1.82) is 0 Å². The average molecular weight is 227 g/mol. The Bertz CT molecular complexity index is 233. The third kappa shape index (κ3) is 3.40. The molecule has 0 bridgehead atoms. The molecule has 1 rings (SSSR count). The quantitative estimate of drug-likeness (QED) is 0.717. The van der Waals surface area contributed by atoms with E-state index in [0.717, 1.165) is 19.3 Å². The predicted octanol–water partition coefficient (Wildman–Crippen LogP) is 0.659. The summed E-state index contributed by atoms with van der Waals surface area (Å²) in [5, 5.41) is 3.00. The van der Waals surface area contributed by atoms with Crippen LogP contribution in [0.4, 0.5) is 4.79 Å². The van der Waals surface area contributed by atoms with E-state index in [1.165, 1.54) is 0 Å². The highest BCUT2D eigenvalue weighted by atomic mass is 16.2. The summed E-state index contributed by atoms with van der Waals surface area (Å²) in [7, 11) is 0. The number of amides is 3. The number of hydrogen-bond acceptors (Lipinski definition) is 2. The topological polar surface area (TPSA) is 52.7 Å². The number of nitrogens with one attached hydrogen (secondary N) is 1. The standard InChI is InChI=1S/C11H21N3O2/c1-3-10(4-2)12-11(16)14-7-5-13(9-15)6-8-14/h9-10H,3-8H2,1-2H3,(H,12,16). The third-order valence-electron chi connectivity index (χ3n) is 3.06. The minimum Gasteiger partial charge on any atom is -0.342 e. The lowest BCUT2D eigenvalue weighted by molar-refractivity contribution is -0.119. The first kappa shape index (κ1) is 12.8. The summed E-state index contributed by atoms with van der Waals surface area (Å²) in [5.41, 5.74) is 0. The van der Waals surface area contributed by atoms with Crippen molar-refractivity contribution in [3.05, 3.63) is 0 Å². The summed E-state index contributed by atoms with van der Waals surface area (Å²) in [6.07, 6.45) is 2.75. The van der Waals surface area contributed by atoms with Crippen LogP contribution in [-0.4, -0.2) is 54.5 Å². The second kappa shape index (κ2) is 6.35. The van der Waals surface area contributed by atoms with E-state index in [-0.39, 0.29) is 12.1 Å². The molecule has 3 amide bonds. The Morgan fingerprint density at radius 2 is 1.81 bits per heavy atom. The SMILES string of the molecule is CCC(CC)NC(=O)N1CCN(C=O)CC1. The summed E-state index contributed by atoms with van der Waals surface area (Å²) in [6, 6.07) is 0.260. The summed E-state index contributed by atoms with van der Waals surface area (Å²) in [5.74, 6) is 0. The highest BCUT2D eigenvalue weighted by Crippen LogP contribution is 2.02. The molecular formula is C11H21N3O2. The molecule has 5 nitrogen and oxygen atoms in total. The molecule has 0 aromatic rings. The molecule has 1 aliphatic rings. The molecule has 0 aliphatic carbocycles. The Hall–Kier alpha value is -1.26. The summed E-state index contributed by atoms with van der Waals surface area (Å²) in [6.45, 7) is 6.67. The van der Waals surface area contributed by atoms with Crippen molar-refractivity contribution in [3.63, 3.8) is 0 Å². The summed E-state index contributed by atoms with van der Waals surface area (Å²) in [4.78, 5) is 25.8. The third-order valence-corrected chi connectivity index (χ3v) is 3.06. The van der Waals surface area contributed by atoms with Crippen LogP contribution >= 0.6 is 0 Å². The van der Waals surface area contributed by atoms with Gasteiger partial charge in [0.05, 0.1) is 0 Å². The number of nitrogens with zero attached hydrogens (tertiary/aromatic N) is 2. The number of urea groups is 1. The maximum atomic E-state index is 11.8. The van der Waals surface area contributed by atoms with Gasteiger partial charge in [0.25, 0.3) is 0 Å². The van der Waals surface area contributed by atoms with Gasteiger partial charge in [0.2, 0.25) is 6.41 Å². The Balaban J connectivity index is 2.35. The minimum atomic E-state index is -0.000695. The normalized spacial score (nSPS) is 16.4. The number of piperazine rings is 1. The van der Waals surface area contributed by atoms with Gasteiger partial charge in [-0.1, -0.05) is 13.8 Å². The van der Waals surface area contributed by atoms with Crippen molar-refractivity contribution in [2.24, 2.45) is 0 Å². The van der Waals surface area contributed by atoms with Crippen LogP contribution in [0.2, 0.25) is 0 Å². The second-order valence-electron chi connectivity index (χ2n) is 4.09. The van der Waals surface area contributed by atoms with Crippen molar-refractivity contribution >= 4 is 12.4 Å². The second-order valence-corrected chi connectivity index (χ2v) is 4.09. The molecule has 0 saturated carbocycles. The molecule has 1 N–H and O–H groups in total. The Labute approximate surface area is 96.8 Å². The van der Waals surface area contributed by atoms with Gasteiger partial charge in [0, 0.05) is 32.2 Å². The van der Waals surface area contributed by atoms with Crippen molar-refractivity contribution in [3.8, 4) is 0 Å². The fraction of sp³-hybridized carbons (Fsp3) is 0.818. The van der Waals surface area contributed by atoms with Crippen LogP contribution < -0.4 is 5.32 Å². The number of carbonyl (C=O) groups is 2. The van der Waals surface area contributed by atoms with Crippen LogP contribution in [0.5, 0.6) is 0 Å².